The average Bonchev–Trinajstić information content (AvgIpc) is 3.21. The van der Waals surface area contributed by atoms with E-state index < -0.39 is 0 Å². The van der Waals surface area contributed by atoms with Gasteiger partial charge in [-0.3, -0.25) is 14.5 Å². The number of halogens is 1. The molecule has 0 spiro atoms. The predicted octanol–water partition coefficient (Wildman–Crippen LogP) is 4.48. The largest absolute Gasteiger partial charge is 0.454 e. The molecule has 1 fully saturated rings. The Hall–Kier alpha value is -2.64. The molecule has 2 aromatic carbocycles. The maximum atomic E-state index is 12.6. The van der Waals surface area contributed by atoms with Crippen molar-refractivity contribution in [2.75, 3.05) is 18.8 Å². The second-order valence-corrected chi connectivity index (χ2v) is 7.42. The maximum Gasteiger partial charge on any atom is 0.295 e. The summed E-state index contributed by atoms with van der Waals surface area (Å²) in [5.41, 5.74) is 2.47. The minimum atomic E-state index is -0.339. The summed E-state index contributed by atoms with van der Waals surface area (Å²) in [6.45, 7) is 2.16. The lowest BCUT2D eigenvalue weighted by Crippen LogP contribution is -2.33. The van der Waals surface area contributed by atoms with Crippen molar-refractivity contribution in [2.45, 2.75) is 6.92 Å². The number of imide groups is 1. The molecule has 0 unspecified atom stereocenters. The lowest BCUT2D eigenvalue weighted by molar-refractivity contribution is -0.122. The summed E-state index contributed by atoms with van der Waals surface area (Å²) in [5.74, 6) is 0.954. The number of aryl methyl sites for hydroxylation is 1. The van der Waals surface area contributed by atoms with Gasteiger partial charge in [-0.1, -0.05) is 23.7 Å². The van der Waals surface area contributed by atoms with Crippen molar-refractivity contribution in [1.82, 2.24) is 4.90 Å². The summed E-state index contributed by atoms with van der Waals surface area (Å²) in [4.78, 5) is 26.3. The zero-order valence-electron chi connectivity index (χ0n) is 14.3. The molecule has 4 rings (SSSR count). The average molecular weight is 403 g/mol. The van der Waals surface area contributed by atoms with Crippen LogP contribution in [0, 0.1) is 6.92 Å². The van der Waals surface area contributed by atoms with Crippen LogP contribution in [0.3, 0.4) is 0 Å². The number of hydrogen-bond donors (Lipinski definition) is 1. The SMILES string of the molecule is Cc1ccc(NCN2C(=O)S/C(=C/c3ccc4c(c3)OCO4)C2=O)cc1Cl. The van der Waals surface area contributed by atoms with E-state index in [1.807, 2.05) is 25.1 Å². The molecule has 2 aromatic rings. The van der Waals surface area contributed by atoms with Crippen LogP contribution in [0.4, 0.5) is 10.5 Å². The van der Waals surface area contributed by atoms with Gasteiger partial charge >= 0.3 is 0 Å². The van der Waals surface area contributed by atoms with Crippen molar-refractivity contribution in [3.05, 3.63) is 57.5 Å². The monoisotopic (exact) mass is 402 g/mol. The first-order valence-electron chi connectivity index (χ1n) is 8.16. The van der Waals surface area contributed by atoms with Gasteiger partial charge in [0.1, 0.15) is 0 Å². The highest BCUT2D eigenvalue weighted by Gasteiger charge is 2.34. The number of hydrogen-bond acceptors (Lipinski definition) is 6. The summed E-state index contributed by atoms with van der Waals surface area (Å²) < 4.78 is 10.6. The van der Waals surface area contributed by atoms with E-state index in [0.29, 0.717) is 21.4 Å². The van der Waals surface area contributed by atoms with Gasteiger partial charge in [-0.05, 0) is 60.2 Å². The Bertz CT molecular complexity index is 976. The van der Waals surface area contributed by atoms with Gasteiger partial charge in [0.15, 0.2) is 11.5 Å². The third-order valence-corrected chi connectivity index (χ3v) is 5.50. The van der Waals surface area contributed by atoms with Crippen LogP contribution in [-0.4, -0.2) is 29.5 Å². The first kappa shape index (κ1) is 17.8. The van der Waals surface area contributed by atoms with Gasteiger partial charge in [0.05, 0.1) is 11.6 Å². The fourth-order valence-corrected chi connectivity index (χ4v) is 3.68. The van der Waals surface area contributed by atoms with Crippen LogP contribution in [-0.2, 0) is 4.79 Å². The topological polar surface area (TPSA) is 67.9 Å². The fourth-order valence-electron chi connectivity index (χ4n) is 2.66. The molecule has 2 aliphatic rings. The van der Waals surface area contributed by atoms with Crippen molar-refractivity contribution < 1.29 is 19.1 Å². The van der Waals surface area contributed by atoms with Crippen molar-refractivity contribution in [1.29, 1.82) is 0 Å². The minimum absolute atomic E-state index is 0.0720. The van der Waals surface area contributed by atoms with E-state index in [0.717, 1.165) is 33.5 Å². The van der Waals surface area contributed by atoms with E-state index in [9.17, 15) is 9.59 Å². The summed E-state index contributed by atoms with van der Waals surface area (Å²) in [7, 11) is 0. The number of thioether (sulfide) groups is 1. The number of benzene rings is 2. The molecule has 2 heterocycles. The van der Waals surface area contributed by atoms with Crippen LogP contribution in [0.25, 0.3) is 6.08 Å². The second-order valence-electron chi connectivity index (χ2n) is 6.02. The minimum Gasteiger partial charge on any atom is -0.454 e. The zero-order valence-corrected chi connectivity index (χ0v) is 15.9. The van der Waals surface area contributed by atoms with E-state index >= 15 is 0 Å². The molecule has 0 radical (unpaired) electrons. The summed E-state index contributed by atoms with van der Waals surface area (Å²) >= 11 is 7.01. The zero-order chi connectivity index (χ0) is 19.0. The van der Waals surface area contributed by atoms with Crippen LogP contribution in [0.15, 0.2) is 41.3 Å². The molecule has 6 nitrogen and oxygen atoms in total. The maximum absolute atomic E-state index is 12.6. The lowest BCUT2D eigenvalue weighted by atomic mass is 10.2. The van der Waals surface area contributed by atoms with Crippen LogP contribution in [0.1, 0.15) is 11.1 Å². The Balaban J connectivity index is 1.47. The highest BCUT2D eigenvalue weighted by molar-refractivity contribution is 8.18. The van der Waals surface area contributed by atoms with Gasteiger partial charge in [0.25, 0.3) is 11.1 Å². The molecular formula is C19H15ClN2O4S. The highest BCUT2D eigenvalue weighted by atomic mass is 35.5. The number of carbonyl (C=O) groups excluding carboxylic acids is 2. The number of nitrogens with one attached hydrogen (secondary N) is 1. The first-order chi connectivity index (χ1) is 13.0. The Morgan fingerprint density at radius 3 is 2.81 bits per heavy atom. The molecule has 0 saturated carbocycles. The quantitative estimate of drug-likeness (QED) is 0.760. The van der Waals surface area contributed by atoms with Crippen LogP contribution in [0.2, 0.25) is 5.02 Å². The Labute approximate surface area is 165 Å². The van der Waals surface area contributed by atoms with Gasteiger partial charge in [0.2, 0.25) is 6.79 Å². The molecule has 1 N–H and O–H groups in total. The first-order valence-corrected chi connectivity index (χ1v) is 9.36. The number of fused-ring (bicyclic) bond motifs is 1. The molecule has 0 bridgehead atoms. The van der Waals surface area contributed by atoms with E-state index in [1.165, 1.54) is 0 Å². The summed E-state index contributed by atoms with van der Waals surface area (Å²) in [6, 6.07) is 10.9. The van der Waals surface area contributed by atoms with Crippen molar-refractivity contribution in [2.24, 2.45) is 0 Å². The number of ether oxygens (including phenoxy) is 2. The molecule has 8 heteroatoms. The van der Waals surface area contributed by atoms with Crippen LogP contribution in [0.5, 0.6) is 11.5 Å². The summed E-state index contributed by atoms with van der Waals surface area (Å²) in [5, 5.41) is 3.36. The van der Waals surface area contributed by atoms with Crippen molar-refractivity contribution in [3.63, 3.8) is 0 Å². The van der Waals surface area contributed by atoms with Gasteiger partial charge in [0, 0.05) is 10.7 Å². The predicted molar refractivity (Wildman–Crippen MR) is 105 cm³/mol. The Morgan fingerprint density at radius 1 is 1.19 bits per heavy atom. The molecule has 1 saturated heterocycles. The standard InChI is InChI=1S/C19H15ClN2O4S/c1-11-2-4-13(8-14(11)20)21-9-22-18(23)17(27-19(22)24)7-12-3-5-15-16(6-12)26-10-25-15/h2-8,21H,9-10H2,1H3/b17-7+. The smallest absolute Gasteiger partial charge is 0.295 e. The number of rotatable bonds is 4. The number of nitrogens with zero attached hydrogens (tertiary/aromatic N) is 1. The third-order valence-electron chi connectivity index (χ3n) is 4.18. The number of anilines is 1. The molecular weight excluding hydrogens is 388 g/mol. The fraction of sp³-hybridized carbons (Fsp3) is 0.158. The van der Waals surface area contributed by atoms with E-state index in [1.54, 1.807) is 24.3 Å². The van der Waals surface area contributed by atoms with Gasteiger partial charge < -0.3 is 14.8 Å². The number of carbonyl (C=O) groups is 2. The number of amides is 2. The Kier molecular flexibility index (Phi) is 4.72. The van der Waals surface area contributed by atoms with Gasteiger partial charge in [-0.15, -0.1) is 0 Å². The molecule has 138 valence electrons. The van der Waals surface area contributed by atoms with E-state index in [-0.39, 0.29) is 24.6 Å². The van der Waals surface area contributed by atoms with E-state index in [2.05, 4.69) is 5.32 Å². The third kappa shape index (κ3) is 3.61. The van der Waals surface area contributed by atoms with Crippen molar-refractivity contribution in [3.8, 4) is 11.5 Å². The molecule has 2 aliphatic heterocycles. The van der Waals surface area contributed by atoms with E-state index in [4.69, 9.17) is 21.1 Å². The Morgan fingerprint density at radius 2 is 2.00 bits per heavy atom. The molecule has 0 aromatic heterocycles. The van der Waals surface area contributed by atoms with Gasteiger partial charge in [-0.2, -0.15) is 0 Å². The van der Waals surface area contributed by atoms with Crippen molar-refractivity contribution >= 4 is 46.3 Å². The lowest BCUT2D eigenvalue weighted by Gasteiger charge is -2.15. The highest BCUT2D eigenvalue weighted by Crippen LogP contribution is 2.36. The molecule has 2 amide bonds. The molecule has 0 atom stereocenters. The molecule has 27 heavy (non-hydrogen) atoms. The second kappa shape index (κ2) is 7.17. The summed E-state index contributed by atoms with van der Waals surface area (Å²) in [6.07, 6.45) is 1.68. The molecule has 0 aliphatic carbocycles. The van der Waals surface area contributed by atoms with Crippen LogP contribution >= 0.6 is 23.4 Å². The van der Waals surface area contributed by atoms with Crippen LogP contribution < -0.4 is 14.8 Å². The normalized spacial score (nSPS) is 17.1. The van der Waals surface area contributed by atoms with Gasteiger partial charge in [-0.25, -0.2) is 0 Å².